The van der Waals surface area contributed by atoms with Gasteiger partial charge in [0.15, 0.2) is 0 Å². The number of anilines is 1. The van der Waals surface area contributed by atoms with Gasteiger partial charge >= 0.3 is 11.9 Å². The second kappa shape index (κ2) is 8.13. The van der Waals surface area contributed by atoms with Gasteiger partial charge in [0.2, 0.25) is 0 Å². The Kier molecular flexibility index (Phi) is 5.39. The molecule has 154 valence electrons. The van der Waals surface area contributed by atoms with Crippen molar-refractivity contribution < 1.29 is 28.9 Å². The second-order valence-corrected chi connectivity index (χ2v) is 7.47. The number of ether oxygens (including phenoxy) is 3. The van der Waals surface area contributed by atoms with Gasteiger partial charge in [-0.05, 0) is 30.3 Å². The standard InChI is InChI=1S/C21H18N2O6S/c1-27-20(25)15-10-29-11-23(18(15)21(26)28-2)13-6-7-16-17(9-13)30-19(22-16)12-4-3-5-14(24)8-12/h3-9,24H,10-11H2,1-2H3. The first-order valence-electron chi connectivity index (χ1n) is 8.97. The maximum atomic E-state index is 12.4. The highest BCUT2D eigenvalue weighted by atomic mass is 32.1. The topological polar surface area (TPSA) is 98.2 Å². The summed E-state index contributed by atoms with van der Waals surface area (Å²) < 4.78 is 16.1. The summed E-state index contributed by atoms with van der Waals surface area (Å²) in [5.74, 6) is -1.13. The van der Waals surface area contributed by atoms with E-state index in [-0.39, 0.29) is 30.4 Å². The Morgan fingerprint density at radius 2 is 1.93 bits per heavy atom. The van der Waals surface area contributed by atoms with Gasteiger partial charge in [0.05, 0.1) is 36.6 Å². The number of aromatic nitrogens is 1. The smallest absolute Gasteiger partial charge is 0.355 e. The Balaban J connectivity index is 1.78. The minimum Gasteiger partial charge on any atom is -0.508 e. The Hall–Kier alpha value is -3.43. The molecule has 30 heavy (non-hydrogen) atoms. The van der Waals surface area contributed by atoms with Crippen LogP contribution in [0.25, 0.3) is 20.8 Å². The number of phenolic OH excluding ortho intramolecular Hbond substituents is 1. The number of carbonyl (C=O) groups is 2. The van der Waals surface area contributed by atoms with Crippen LogP contribution in [0.15, 0.2) is 53.7 Å². The zero-order valence-electron chi connectivity index (χ0n) is 16.2. The molecule has 0 spiro atoms. The molecular weight excluding hydrogens is 408 g/mol. The molecule has 0 saturated carbocycles. The fourth-order valence-corrected chi connectivity index (χ4v) is 4.19. The first-order valence-corrected chi connectivity index (χ1v) is 9.78. The van der Waals surface area contributed by atoms with E-state index in [0.717, 1.165) is 20.8 Å². The molecule has 4 rings (SSSR count). The van der Waals surface area contributed by atoms with Crippen LogP contribution < -0.4 is 4.90 Å². The van der Waals surface area contributed by atoms with Crippen LogP contribution in [0.5, 0.6) is 5.75 Å². The van der Waals surface area contributed by atoms with Gasteiger partial charge in [-0.15, -0.1) is 11.3 Å². The van der Waals surface area contributed by atoms with Crippen molar-refractivity contribution >= 4 is 39.2 Å². The molecule has 0 amide bonds. The van der Waals surface area contributed by atoms with E-state index in [2.05, 4.69) is 4.98 Å². The van der Waals surface area contributed by atoms with Crippen molar-refractivity contribution in [1.82, 2.24) is 4.98 Å². The lowest BCUT2D eigenvalue weighted by Crippen LogP contribution is -2.38. The third-order valence-corrected chi connectivity index (χ3v) is 5.68. The van der Waals surface area contributed by atoms with Gasteiger partial charge in [-0.3, -0.25) is 0 Å². The van der Waals surface area contributed by atoms with Crippen molar-refractivity contribution in [3.8, 4) is 16.3 Å². The molecule has 2 heterocycles. The van der Waals surface area contributed by atoms with E-state index in [1.807, 2.05) is 18.2 Å². The van der Waals surface area contributed by atoms with Crippen LogP contribution in [-0.4, -0.2) is 49.6 Å². The molecule has 0 saturated heterocycles. The highest BCUT2D eigenvalue weighted by Gasteiger charge is 2.32. The third kappa shape index (κ3) is 3.60. The molecule has 1 N–H and O–H groups in total. The van der Waals surface area contributed by atoms with Crippen LogP contribution in [0.1, 0.15) is 0 Å². The van der Waals surface area contributed by atoms with Crippen LogP contribution in [0, 0.1) is 0 Å². The molecule has 1 aliphatic rings. The molecule has 0 atom stereocenters. The molecule has 0 bridgehead atoms. The Bertz CT molecular complexity index is 1170. The van der Waals surface area contributed by atoms with Gasteiger partial charge < -0.3 is 24.2 Å². The molecule has 1 aliphatic heterocycles. The van der Waals surface area contributed by atoms with Gasteiger partial charge in [-0.1, -0.05) is 12.1 Å². The van der Waals surface area contributed by atoms with Gasteiger partial charge in [-0.2, -0.15) is 0 Å². The molecule has 0 unspecified atom stereocenters. The summed E-state index contributed by atoms with van der Waals surface area (Å²) in [6, 6.07) is 12.4. The molecule has 0 fully saturated rings. The maximum absolute atomic E-state index is 12.4. The average molecular weight is 426 g/mol. The number of aromatic hydroxyl groups is 1. The Labute approximate surface area is 175 Å². The third-order valence-electron chi connectivity index (χ3n) is 4.61. The summed E-state index contributed by atoms with van der Waals surface area (Å²) in [7, 11) is 2.50. The minimum absolute atomic E-state index is 0.0436. The van der Waals surface area contributed by atoms with Gasteiger partial charge in [0.25, 0.3) is 0 Å². The number of methoxy groups -OCH3 is 2. The van der Waals surface area contributed by atoms with Crippen molar-refractivity contribution in [2.75, 3.05) is 32.5 Å². The number of benzene rings is 2. The predicted molar refractivity (Wildman–Crippen MR) is 111 cm³/mol. The SMILES string of the molecule is COC(=O)C1=C(C(=O)OC)N(c2ccc3nc(-c4cccc(O)c4)sc3c2)COC1. The lowest BCUT2D eigenvalue weighted by atomic mass is 10.1. The molecule has 3 aromatic rings. The number of nitrogens with zero attached hydrogens (tertiary/aromatic N) is 2. The van der Waals surface area contributed by atoms with Crippen LogP contribution in [0.4, 0.5) is 5.69 Å². The lowest BCUT2D eigenvalue weighted by Gasteiger charge is -2.31. The number of phenols is 1. The molecular formula is C21H18N2O6S. The zero-order chi connectivity index (χ0) is 21.3. The Morgan fingerprint density at radius 3 is 2.67 bits per heavy atom. The van der Waals surface area contributed by atoms with E-state index < -0.39 is 11.9 Å². The van der Waals surface area contributed by atoms with E-state index in [1.165, 1.54) is 25.6 Å². The number of rotatable bonds is 4. The van der Waals surface area contributed by atoms with Crippen molar-refractivity contribution in [2.24, 2.45) is 0 Å². The predicted octanol–water partition coefficient (Wildman–Crippen LogP) is 3.06. The summed E-state index contributed by atoms with van der Waals surface area (Å²) in [5.41, 5.74) is 2.42. The number of fused-ring (bicyclic) bond motifs is 1. The summed E-state index contributed by atoms with van der Waals surface area (Å²) >= 11 is 1.45. The van der Waals surface area contributed by atoms with Crippen LogP contribution in [0.2, 0.25) is 0 Å². The highest BCUT2D eigenvalue weighted by Crippen LogP contribution is 2.35. The second-order valence-electron chi connectivity index (χ2n) is 6.44. The average Bonchev–Trinajstić information content (AvgIpc) is 3.21. The van der Waals surface area contributed by atoms with Crippen molar-refractivity contribution in [3.05, 3.63) is 53.7 Å². The van der Waals surface area contributed by atoms with Crippen molar-refractivity contribution in [2.45, 2.75) is 0 Å². The first-order chi connectivity index (χ1) is 14.5. The maximum Gasteiger partial charge on any atom is 0.355 e. The van der Waals surface area contributed by atoms with Crippen molar-refractivity contribution in [1.29, 1.82) is 0 Å². The number of esters is 2. The number of carbonyl (C=O) groups excluding carboxylic acids is 2. The zero-order valence-corrected chi connectivity index (χ0v) is 17.1. The van der Waals surface area contributed by atoms with Crippen LogP contribution in [-0.2, 0) is 23.8 Å². The fraction of sp³-hybridized carbons (Fsp3) is 0.190. The fourth-order valence-electron chi connectivity index (χ4n) is 3.19. The molecule has 1 aromatic heterocycles. The van der Waals surface area contributed by atoms with Crippen LogP contribution in [0.3, 0.4) is 0 Å². The number of hydrogen-bond donors (Lipinski definition) is 1. The first kappa shape index (κ1) is 19.9. The molecule has 8 nitrogen and oxygen atoms in total. The molecule has 0 aliphatic carbocycles. The monoisotopic (exact) mass is 426 g/mol. The summed E-state index contributed by atoms with van der Waals surface area (Å²) in [6.45, 7) is 0.0344. The van der Waals surface area contributed by atoms with E-state index in [4.69, 9.17) is 14.2 Å². The highest BCUT2D eigenvalue weighted by molar-refractivity contribution is 7.21. The van der Waals surface area contributed by atoms with E-state index >= 15 is 0 Å². The molecule has 2 aromatic carbocycles. The van der Waals surface area contributed by atoms with Crippen molar-refractivity contribution in [3.63, 3.8) is 0 Å². The summed E-state index contributed by atoms with van der Waals surface area (Å²) in [6.07, 6.45) is 0. The largest absolute Gasteiger partial charge is 0.508 e. The van der Waals surface area contributed by atoms with E-state index in [1.54, 1.807) is 29.2 Å². The quantitative estimate of drug-likeness (QED) is 0.636. The minimum atomic E-state index is -0.649. The normalized spacial score (nSPS) is 14.1. The number of thiazole rings is 1. The van der Waals surface area contributed by atoms with E-state index in [0.29, 0.717) is 5.69 Å². The van der Waals surface area contributed by atoms with Gasteiger partial charge in [0.1, 0.15) is 23.2 Å². The van der Waals surface area contributed by atoms with E-state index in [9.17, 15) is 14.7 Å². The van der Waals surface area contributed by atoms with Crippen LogP contribution >= 0.6 is 11.3 Å². The number of hydrogen-bond acceptors (Lipinski definition) is 9. The Morgan fingerprint density at radius 1 is 1.13 bits per heavy atom. The van der Waals surface area contributed by atoms with Gasteiger partial charge in [-0.25, -0.2) is 14.6 Å². The summed E-state index contributed by atoms with van der Waals surface area (Å²) in [4.78, 5) is 30.8. The summed E-state index contributed by atoms with van der Waals surface area (Å²) in [5, 5.41) is 10.5. The van der Waals surface area contributed by atoms with Gasteiger partial charge in [0, 0.05) is 11.3 Å². The molecule has 9 heteroatoms. The lowest BCUT2D eigenvalue weighted by molar-refractivity contribution is -0.140. The molecule has 0 radical (unpaired) electrons.